The molecule has 0 aliphatic carbocycles. The molecule has 2 heterocycles. The lowest BCUT2D eigenvalue weighted by Crippen LogP contribution is -2.32. The number of anilines is 1. The van der Waals surface area contributed by atoms with Crippen molar-refractivity contribution in [2.75, 3.05) is 26.2 Å². The van der Waals surface area contributed by atoms with Crippen LogP contribution >= 0.6 is 0 Å². The number of hydrogen-bond acceptors (Lipinski definition) is 4. The molecule has 0 radical (unpaired) electrons. The fraction of sp³-hybridized carbons (Fsp3) is 0.417. The van der Waals surface area contributed by atoms with Gasteiger partial charge in [0.15, 0.2) is 0 Å². The summed E-state index contributed by atoms with van der Waals surface area (Å²) in [5.74, 6) is 2.20. The van der Waals surface area contributed by atoms with Crippen molar-refractivity contribution in [3.8, 4) is 0 Å². The highest BCUT2D eigenvalue weighted by Crippen LogP contribution is 2.11. The van der Waals surface area contributed by atoms with Crippen LogP contribution in [0, 0.1) is 0 Å². The molecule has 0 bridgehead atoms. The van der Waals surface area contributed by atoms with Crippen molar-refractivity contribution in [3.05, 3.63) is 66.8 Å². The van der Waals surface area contributed by atoms with E-state index in [9.17, 15) is 0 Å². The Morgan fingerprint density at radius 3 is 1.84 bits per heavy atom. The van der Waals surface area contributed by atoms with E-state index in [1.807, 2.05) is 61.8 Å². The first-order chi connectivity index (χ1) is 15.5. The molecule has 0 N–H and O–H groups in total. The van der Waals surface area contributed by atoms with E-state index in [4.69, 9.17) is 0 Å². The highest BCUT2D eigenvalue weighted by Gasteiger charge is 2.14. The Kier molecular flexibility index (Phi) is 8.19. The molecule has 2 aromatic heterocycles. The van der Waals surface area contributed by atoms with Crippen LogP contribution in [0.25, 0.3) is 0 Å². The van der Waals surface area contributed by atoms with Crippen molar-refractivity contribution < 1.29 is 9.13 Å². The first kappa shape index (κ1) is 23.2. The minimum Gasteiger partial charge on any atom is -0.303 e. The number of unbranched alkanes of at least 4 members (excludes halogenated alkanes) is 2. The Hall–Kier alpha value is -3.42. The molecule has 0 spiro atoms. The molecular formula is C24H36N8+2. The first-order valence-corrected chi connectivity index (χ1v) is 11.1. The Bertz CT molecular complexity index is 1030. The monoisotopic (exact) mass is 436 g/mol. The summed E-state index contributed by atoms with van der Waals surface area (Å²) in [7, 11) is 9.95. The topological polar surface area (TPSA) is 48.8 Å². The van der Waals surface area contributed by atoms with Crippen LogP contribution < -0.4 is 14.1 Å². The van der Waals surface area contributed by atoms with Crippen molar-refractivity contribution >= 4 is 18.1 Å². The molecule has 0 aliphatic heterocycles. The summed E-state index contributed by atoms with van der Waals surface area (Å²) in [6, 6.07) is 10.2. The molecule has 0 fully saturated rings. The molecule has 0 saturated carbocycles. The third-order valence-electron chi connectivity index (χ3n) is 5.43. The van der Waals surface area contributed by atoms with Crippen LogP contribution in [0.4, 0.5) is 5.69 Å². The number of hydrazone groups is 2. The van der Waals surface area contributed by atoms with E-state index >= 15 is 0 Å². The number of aromatic nitrogens is 4. The van der Waals surface area contributed by atoms with Gasteiger partial charge in [0.25, 0.3) is 0 Å². The third kappa shape index (κ3) is 6.29. The second-order valence-corrected chi connectivity index (χ2v) is 8.18. The lowest BCUT2D eigenvalue weighted by Gasteiger charge is -2.11. The average Bonchev–Trinajstić information content (AvgIpc) is 3.32. The van der Waals surface area contributed by atoms with Crippen molar-refractivity contribution in [1.29, 1.82) is 0 Å². The second-order valence-electron chi connectivity index (χ2n) is 8.18. The predicted molar refractivity (Wildman–Crippen MR) is 129 cm³/mol. The SMILES string of the molecule is CN(C)/N=C/c1n(CCCCCn2cc[n+](C)c2/C=N/N(C)c2ccccc2)cc[n+]1C. The number of aryl methyl sites for hydroxylation is 4. The lowest BCUT2D eigenvalue weighted by atomic mass is 10.2. The van der Waals surface area contributed by atoms with Crippen LogP contribution in [0.15, 0.2) is 65.3 Å². The maximum Gasteiger partial charge on any atom is 0.301 e. The van der Waals surface area contributed by atoms with Crippen molar-refractivity contribution in [1.82, 2.24) is 14.1 Å². The number of hydrogen-bond donors (Lipinski definition) is 0. The van der Waals surface area contributed by atoms with Crippen LogP contribution in [0.1, 0.15) is 30.9 Å². The van der Waals surface area contributed by atoms with Gasteiger partial charge in [-0.3, -0.25) is 5.01 Å². The molecule has 3 rings (SSSR count). The van der Waals surface area contributed by atoms with Gasteiger partial charge in [-0.25, -0.2) is 18.3 Å². The van der Waals surface area contributed by atoms with Crippen LogP contribution in [-0.4, -0.2) is 47.7 Å². The second kappa shape index (κ2) is 11.3. The summed E-state index contributed by atoms with van der Waals surface area (Å²) in [6.07, 6.45) is 15.7. The summed E-state index contributed by atoms with van der Waals surface area (Å²) < 4.78 is 8.75. The fourth-order valence-electron chi connectivity index (χ4n) is 3.54. The summed E-state index contributed by atoms with van der Waals surface area (Å²) in [5.41, 5.74) is 1.07. The number of benzene rings is 1. The number of para-hydroxylation sites is 1. The van der Waals surface area contributed by atoms with Gasteiger partial charge >= 0.3 is 11.6 Å². The first-order valence-electron chi connectivity index (χ1n) is 11.1. The number of nitrogens with zero attached hydrogens (tertiary/aromatic N) is 8. The van der Waals surface area contributed by atoms with Crippen LogP contribution in [0.3, 0.4) is 0 Å². The molecule has 8 nitrogen and oxygen atoms in total. The van der Waals surface area contributed by atoms with Crippen molar-refractivity contribution in [3.63, 3.8) is 0 Å². The zero-order valence-electron chi connectivity index (χ0n) is 20.0. The van der Waals surface area contributed by atoms with Gasteiger partial charge in [-0.2, -0.15) is 10.2 Å². The largest absolute Gasteiger partial charge is 0.303 e. The molecule has 8 heteroatoms. The predicted octanol–water partition coefficient (Wildman–Crippen LogP) is 2.17. The van der Waals surface area contributed by atoms with Gasteiger partial charge in [-0.15, -0.1) is 0 Å². The quantitative estimate of drug-likeness (QED) is 0.200. The fourth-order valence-corrected chi connectivity index (χ4v) is 3.54. The molecule has 0 saturated heterocycles. The van der Waals surface area contributed by atoms with Gasteiger partial charge in [0, 0.05) is 21.1 Å². The van der Waals surface area contributed by atoms with Crippen LogP contribution in [-0.2, 0) is 27.2 Å². The molecule has 170 valence electrons. The molecule has 1 aromatic carbocycles. The van der Waals surface area contributed by atoms with Gasteiger partial charge in [0.1, 0.15) is 37.2 Å². The standard InChI is InChI=1S/C24H36N8/c1-27(2)25-20-23-28(3)16-18-31(23)14-10-7-11-15-32-19-17-29(4)24(32)21-26-30(5)22-12-8-6-9-13-22/h6,8-9,12-13,16-21H,7,10-11,14-15H2,1-5H3/q+2. The normalized spacial score (nSPS) is 11.7. The van der Waals surface area contributed by atoms with E-state index in [2.05, 4.69) is 79.5 Å². The zero-order valence-corrected chi connectivity index (χ0v) is 20.0. The van der Waals surface area contributed by atoms with Gasteiger partial charge in [-0.05, 0) is 31.4 Å². The number of rotatable bonds is 11. The minimum atomic E-state index is 0.978. The molecule has 0 unspecified atom stereocenters. The average molecular weight is 437 g/mol. The highest BCUT2D eigenvalue weighted by molar-refractivity contribution is 5.74. The lowest BCUT2D eigenvalue weighted by molar-refractivity contribution is -0.672. The maximum atomic E-state index is 4.63. The van der Waals surface area contributed by atoms with E-state index in [-0.39, 0.29) is 0 Å². The molecular weight excluding hydrogens is 400 g/mol. The summed E-state index contributed by atoms with van der Waals surface area (Å²) in [5, 5.41) is 12.7. The van der Waals surface area contributed by atoms with E-state index in [1.54, 1.807) is 0 Å². The molecule has 0 aliphatic rings. The van der Waals surface area contributed by atoms with Crippen LogP contribution in [0.2, 0.25) is 0 Å². The number of imidazole rings is 2. The minimum absolute atomic E-state index is 0.978. The van der Waals surface area contributed by atoms with Crippen molar-refractivity contribution in [2.24, 2.45) is 24.3 Å². The van der Waals surface area contributed by atoms with Crippen LogP contribution in [0.5, 0.6) is 0 Å². The smallest absolute Gasteiger partial charge is 0.301 e. The molecule has 0 atom stereocenters. The summed E-state index contributed by atoms with van der Waals surface area (Å²) in [6.45, 7) is 1.97. The summed E-state index contributed by atoms with van der Waals surface area (Å²) in [4.78, 5) is 0. The van der Waals surface area contributed by atoms with Crippen molar-refractivity contribution in [2.45, 2.75) is 32.4 Å². The van der Waals surface area contributed by atoms with Gasteiger partial charge < -0.3 is 5.01 Å². The van der Waals surface area contributed by atoms with Gasteiger partial charge in [0.05, 0.1) is 32.9 Å². The van der Waals surface area contributed by atoms with E-state index in [1.165, 1.54) is 0 Å². The Balaban J connectivity index is 1.51. The highest BCUT2D eigenvalue weighted by atomic mass is 15.4. The molecule has 3 aromatic rings. The van der Waals surface area contributed by atoms with E-state index in [0.717, 1.165) is 49.7 Å². The van der Waals surface area contributed by atoms with E-state index < -0.39 is 0 Å². The maximum absolute atomic E-state index is 4.63. The molecule has 32 heavy (non-hydrogen) atoms. The van der Waals surface area contributed by atoms with Gasteiger partial charge in [0.2, 0.25) is 0 Å². The Morgan fingerprint density at radius 1 is 0.781 bits per heavy atom. The molecule has 0 amide bonds. The zero-order chi connectivity index (χ0) is 22.9. The van der Waals surface area contributed by atoms with E-state index in [0.29, 0.717) is 0 Å². The summed E-state index contributed by atoms with van der Waals surface area (Å²) >= 11 is 0. The Morgan fingerprint density at radius 2 is 1.31 bits per heavy atom. The van der Waals surface area contributed by atoms with Gasteiger partial charge in [-0.1, -0.05) is 18.2 Å². The Labute approximate surface area is 191 Å². The third-order valence-corrected chi connectivity index (χ3v) is 5.43.